The van der Waals surface area contributed by atoms with E-state index in [1.807, 2.05) is 43.3 Å². The van der Waals surface area contributed by atoms with Crippen LogP contribution in [0.2, 0.25) is 0 Å². The maximum absolute atomic E-state index is 12.8. The lowest BCUT2D eigenvalue weighted by Gasteiger charge is -2.28. The lowest BCUT2D eigenvalue weighted by Crippen LogP contribution is -2.49. The molecule has 0 heterocycles. The molecule has 2 amide bonds. The fourth-order valence-electron chi connectivity index (χ4n) is 2.50. The largest absolute Gasteiger partial charge is 0.484 e. The summed E-state index contributed by atoms with van der Waals surface area (Å²) in [6, 6.07) is 14.3. The van der Waals surface area contributed by atoms with E-state index in [0.717, 1.165) is 14.5 Å². The smallest absolute Gasteiger partial charge is 0.261 e. The van der Waals surface area contributed by atoms with E-state index in [0.29, 0.717) is 18.8 Å². The Morgan fingerprint density at radius 3 is 2.44 bits per heavy atom. The Balaban J connectivity index is 2.12. The molecular formula is C20H22Br2N2O3. The minimum Gasteiger partial charge on any atom is -0.484 e. The van der Waals surface area contributed by atoms with Crippen molar-refractivity contribution in [3.8, 4) is 5.75 Å². The third-order valence-electron chi connectivity index (χ3n) is 3.94. The van der Waals surface area contributed by atoms with Crippen LogP contribution in [0.5, 0.6) is 5.75 Å². The van der Waals surface area contributed by atoms with Gasteiger partial charge in [0.25, 0.3) is 5.91 Å². The molecule has 0 aliphatic heterocycles. The van der Waals surface area contributed by atoms with Gasteiger partial charge in [-0.3, -0.25) is 9.59 Å². The Labute approximate surface area is 176 Å². The molecule has 2 aromatic rings. The first kappa shape index (κ1) is 21.4. The number of nitrogens with one attached hydrogen (secondary N) is 1. The van der Waals surface area contributed by atoms with Gasteiger partial charge in [0.05, 0.1) is 0 Å². The van der Waals surface area contributed by atoms with E-state index in [-0.39, 0.29) is 18.4 Å². The Morgan fingerprint density at radius 1 is 1.11 bits per heavy atom. The fourth-order valence-corrected chi connectivity index (χ4v) is 3.21. The molecule has 144 valence electrons. The Kier molecular flexibility index (Phi) is 8.31. The predicted molar refractivity (Wildman–Crippen MR) is 112 cm³/mol. The highest BCUT2D eigenvalue weighted by Crippen LogP contribution is 2.18. The standard InChI is InChI=1S/C20H22Br2N2O3/c1-3-23-20(26)14(2)24(12-15-5-4-6-17(22)11-15)19(25)13-27-18-9-7-16(21)8-10-18/h4-11,14H,3,12-13H2,1-2H3,(H,23,26)/t14-/m0/s1. The summed E-state index contributed by atoms with van der Waals surface area (Å²) in [5, 5.41) is 2.77. The van der Waals surface area contributed by atoms with E-state index < -0.39 is 6.04 Å². The maximum atomic E-state index is 12.8. The average Bonchev–Trinajstić information content (AvgIpc) is 2.65. The Bertz CT molecular complexity index is 781. The molecule has 7 heteroatoms. The van der Waals surface area contributed by atoms with Gasteiger partial charge in [-0.15, -0.1) is 0 Å². The van der Waals surface area contributed by atoms with Crippen molar-refractivity contribution in [2.75, 3.05) is 13.2 Å². The minimum atomic E-state index is -0.607. The van der Waals surface area contributed by atoms with E-state index in [1.165, 1.54) is 4.90 Å². The Morgan fingerprint density at radius 2 is 1.81 bits per heavy atom. The molecule has 0 saturated carbocycles. The second-order valence-corrected chi connectivity index (χ2v) is 7.80. The van der Waals surface area contributed by atoms with Gasteiger partial charge in [-0.1, -0.05) is 44.0 Å². The molecule has 5 nitrogen and oxygen atoms in total. The van der Waals surface area contributed by atoms with Gasteiger partial charge in [0.1, 0.15) is 11.8 Å². The van der Waals surface area contributed by atoms with Crippen LogP contribution in [0, 0.1) is 0 Å². The number of likely N-dealkylation sites (N-methyl/N-ethyl adjacent to an activating group) is 1. The zero-order chi connectivity index (χ0) is 19.8. The molecule has 0 aromatic heterocycles. The van der Waals surface area contributed by atoms with Gasteiger partial charge in [-0.05, 0) is 55.8 Å². The number of amides is 2. The third-order valence-corrected chi connectivity index (χ3v) is 4.96. The SMILES string of the molecule is CCNC(=O)[C@H](C)N(Cc1cccc(Br)c1)C(=O)COc1ccc(Br)cc1. The highest BCUT2D eigenvalue weighted by atomic mass is 79.9. The lowest BCUT2D eigenvalue weighted by molar-refractivity contribution is -0.142. The van der Waals surface area contributed by atoms with Crippen molar-refractivity contribution in [3.63, 3.8) is 0 Å². The molecule has 0 saturated heterocycles. The summed E-state index contributed by atoms with van der Waals surface area (Å²) in [5.74, 6) is 0.153. The second-order valence-electron chi connectivity index (χ2n) is 5.96. The molecule has 0 radical (unpaired) electrons. The molecule has 0 aliphatic carbocycles. The number of ether oxygens (including phenoxy) is 1. The van der Waals surface area contributed by atoms with Crippen LogP contribution in [0.15, 0.2) is 57.5 Å². The topological polar surface area (TPSA) is 58.6 Å². The number of halogens is 2. The van der Waals surface area contributed by atoms with Crippen LogP contribution in [-0.4, -0.2) is 35.9 Å². The normalized spacial score (nSPS) is 11.6. The van der Waals surface area contributed by atoms with E-state index in [1.54, 1.807) is 19.1 Å². The number of hydrogen-bond acceptors (Lipinski definition) is 3. The molecule has 0 spiro atoms. The highest BCUT2D eigenvalue weighted by Gasteiger charge is 2.26. The average molecular weight is 498 g/mol. The van der Waals surface area contributed by atoms with Crippen molar-refractivity contribution in [1.29, 1.82) is 0 Å². The van der Waals surface area contributed by atoms with Gasteiger partial charge in [-0.25, -0.2) is 0 Å². The first-order valence-corrected chi connectivity index (χ1v) is 10.2. The van der Waals surface area contributed by atoms with Gasteiger partial charge in [0, 0.05) is 22.0 Å². The summed E-state index contributed by atoms with van der Waals surface area (Å²) in [6.45, 7) is 4.26. The van der Waals surface area contributed by atoms with Gasteiger partial charge in [0.15, 0.2) is 6.61 Å². The summed E-state index contributed by atoms with van der Waals surface area (Å²) < 4.78 is 7.46. The summed E-state index contributed by atoms with van der Waals surface area (Å²) in [5.41, 5.74) is 0.928. The summed E-state index contributed by atoms with van der Waals surface area (Å²) in [6.07, 6.45) is 0. The van der Waals surface area contributed by atoms with Crippen molar-refractivity contribution in [1.82, 2.24) is 10.2 Å². The molecule has 0 unspecified atom stereocenters. The van der Waals surface area contributed by atoms with Gasteiger partial charge in [-0.2, -0.15) is 0 Å². The maximum Gasteiger partial charge on any atom is 0.261 e. The van der Waals surface area contributed by atoms with E-state index in [9.17, 15) is 9.59 Å². The quantitative estimate of drug-likeness (QED) is 0.596. The number of hydrogen-bond donors (Lipinski definition) is 1. The van der Waals surface area contributed by atoms with Crippen LogP contribution >= 0.6 is 31.9 Å². The van der Waals surface area contributed by atoms with E-state index in [2.05, 4.69) is 37.2 Å². The summed E-state index contributed by atoms with van der Waals surface area (Å²) >= 11 is 6.80. The minimum absolute atomic E-state index is 0.140. The number of nitrogens with zero attached hydrogens (tertiary/aromatic N) is 1. The van der Waals surface area contributed by atoms with Crippen molar-refractivity contribution in [2.24, 2.45) is 0 Å². The third kappa shape index (κ3) is 6.66. The van der Waals surface area contributed by atoms with Crippen LogP contribution in [-0.2, 0) is 16.1 Å². The molecule has 0 aliphatic rings. The van der Waals surface area contributed by atoms with Crippen LogP contribution in [0.4, 0.5) is 0 Å². The monoisotopic (exact) mass is 496 g/mol. The van der Waals surface area contributed by atoms with E-state index >= 15 is 0 Å². The second kappa shape index (κ2) is 10.5. The molecule has 0 bridgehead atoms. The molecule has 1 N–H and O–H groups in total. The molecule has 2 aromatic carbocycles. The molecule has 27 heavy (non-hydrogen) atoms. The number of benzene rings is 2. The predicted octanol–water partition coefficient (Wildman–Crippen LogP) is 4.14. The van der Waals surface area contributed by atoms with Crippen molar-refractivity contribution < 1.29 is 14.3 Å². The number of carbonyl (C=O) groups is 2. The van der Waals surface area contributed by atoms with Crippen molar-refractivity contribution >= 4 is 43.7 Å². The number of rotatable bonds is 8. The molecular weight excluding hydrogens is 476 g/mol. The Hall–Kier alpha value is -1.86. The van der Waals surface area contributed by atoms with Gasteiger partial charge < -0.3 is 15.0 Å². The zero-order valence-corrected chi connectivity index (χ0v) is 18.4. The number of carbonyl (C=O) groups excluding carboxylic acids is 2. The lowest BCUT2D eigenvalue weighted by atomic mass is 10.1. The highest BCUT2D eigenvalue weighted by molar-refractivity contribution is 9.10. The van der Waals surface area contributed by atoms with Crippen LogP contribution < -0.4 is 10.1 Å². The van der Waals surface area contributed by atoms with Crippen molar-refractivity contribution in [3.05, 3.63) is 63.0 Å². The van der Waals surface area contributed by atoms with Gasteiger partial charge >= 0.3 is 0 Å². The first-order valence-electron chi connectivity index (χ1n) is 8.60. The molecule has 1 atom stereocenters. The fraction of sp³-hybridized carbons (Fsp3) is 0.300. The van der Waals surface area contributed by atoms with Crippen molar-refractivity contribution in [2.45, 2.75) is 26.4 Å². The molecule has 2 rings (SSSR count). The van der Waals surface area contributed by atoms with Crippen LogP contribution in [0.1, 0.15) is 19.4 Å². The summed E-state index contributed by atoms with van der Waals surface area (Å²) in [4.78, 5) is 26.7. The zero-order valence-electron chi connectivity index (χ0n) is 15.2. The molecule has 0 fully saturated rings. The van der Waals surface area contributed by atoms with Crippen LogP contribution in [0.25, 0.3) is 0 Å². The van der Waals surface area contributed by atoms with E-state index in [4.69, 9.17) is 4.74 Å². The summed E-state index contributed by atoms with van der Waals surface area (Å²) in [7, 11) is 0. The first-order chi connectivity index (χ1) is 12.9. The van der Waals surface area contributed by atoms with Crippen LogP contribution in [0.3, 0.4) is 0 Å². The van der Waals surface area contributed by atoms with Gasteiger partial charge in [0.2, 0.25) is 5.91 Å².